The molecule has 1 aromatic rings. The molecule has 1 atom stereocenters. The second-order valence-corrected chi connectivity index (χ2v) is 8.57. The molecule has 0 radical (unpaired) electrons. The van der Waals surface area contributed by atoms with Crippen LogP contribution in [0, 0.1) is 17.2 Å². The molecule has 2 fully saturated rings. The highest BCUT2D eigenvalue weighted by Gasteiger charge is 2.59. The lowest BCUT2D eigenvalue weighted by Crippen LogP contribution is -2.40. The summed E-state index contributed by atoms with van der Waals surface area (Å²) in [5.74, 6) is -2.18. The van der Waals surface area contributed by atoms with E-state index in [4.69, 9.17) is 5.11 Å². The zero-order valence-electron chi connectivity index (χ0n) is 13.7. The summed E-state index contributed by atoms with van der Waals surface area (Å²) >= 11 is 0. The van der Waals surface area contributed by atoms with Gasteiger partial charge in [-0.05, 0) is 42.9 Å². The van der Waals surface area contributed by atoms with E-state index in [1.165, 1.54) is 12.1 Å². The van der Waals surface area contributed by atoms with Crippen LogP contribution >= 0.6 is 0 Å². The minimum absolute atomic E-state index is 0.186. The molecule has 9 heteroatoms. The molecule has 1 amide bonds. The number of aliphatic carboxylic acids is 1. The standard InChI is InChI=1S/C16H19FN2O5S/c1-25(23,24)18-13-8-10(2-3-12(13)17)14(20)19-6-4-16(5-7-19)9-11(16)15(21)22/h2-3,8,11,18H,4-7,9H2,1H3,(H,21,22). The Bertz CT molecular complexity index is 831. The van der Waals surface area contributed by atoms with E-state index >= 15 is 0 Å². The average molecular weight is 370 g/mol. The number of piperidine rings is 1. The minimum atomic E-state index is -3.66. The van der Waals surface area contributed by atoms with Crippen molar-refractivity contribution >= 4 is 27.6 Å². The molecule has 1 saturated carbocycles. The van der Waals surface area contributed by atoms with Gasteiger partial charge in [-0.2, -0.15) is 0 Å². The van der Waals surface area contributed by atoms with Crippen molar-refractivity contribution in [2.45, 2.75) is 19.3 Å². The van der Waals surface area contributed by atoms with Gasteiger partial charge in [-0.25, -0.2) is 12.8 Å². The van der Waals surface area contributed by atoms with Crippen LogP contribution in [0.1, 0.15) is 29.6 Å². The number of carboxylic acid groups (broad SMARTS) is 1. The maximum atomic E-state index is 13.7. The Morgan fingerprint density at radius 1 is 1.32 bits per heavy atom. The van der Waals surface area contributed by atoms with Crippen LogP contribution in [0.3, 0.4) is 0 Å². The molecule has 0 aromatic heterocycles. The first-order valence-corrected chi connectivity index (χ1v) is 9.80. The average Bonchev–Trinajstić information content (AvgIpc) is 3.22. The molecule has 2 N–H and O–H groups in total. The van der Waals surface area contributed by atoms with Crippen LogP contribution in [0.5, 0.6) is 0 Å². The number of carbonyl (C=O) groups is 2. The number of anilines is 1. The third kappa shape index (κ3) is 3.60. The number of likely N-dealkylation sites (tertiary alicyclic amines) is 1. The fraction of sp³-hybridized carbons (Fsp3) is 0.500. The Morgan fingerprint density at radius 2 is 1.96 bits per heavy atom. The Labute approximate surface area is 144 Å². The molecule has 3 rings (SSSR count). The van der Waals surface area contributed by atoms with E-state index < -0.39 is 21.8 Å². The number of halogens is 1. The molecule has 1 aliphatic heterocycles. The van der Waals surface area contributed by atoms with E-state index in [-0.39, 0.29) is 28.5 Å². The highest BCUT2D eigenvalue weighted by atomic mass is 32.2. The summed E-state index contributed by atoms with van der Waals surface area (Å²) in [7, 11) is -3.66. The maximum Gasteiger partial charge on any atom is 0.307 e. The van der Waals surface area contributed by atoms with Crippen molar-refractivity contribution in [3.63, 3.8) is 0 Å². The minimum Gasteiger partial charge on any atom is -0.481 e. The second kappa shape index (κ2) is 5.98. The third-order valence-corrected chi connectivity index (χ3v) is 5.63. The Balaban J connectivity index is 1.70. The summed E-state index contributed by atoms with van der Waals surface area (Å²) in [5, 5.41) is 9.10. The smallest absolute Gasteiger partial charge is 0.307 e. The maximum absolute atomic E-state index is 13.7. The molecule has 1 spiro atoms. The van der Waals surface area contributed by atoms with Gasteiger partial charge in [0, 0.05) is 18.7 Å². The van der Waals surface area contributed by atoms with Crippen LogP contribution in [0.4, 0.5) is 10.1 Å². The van der Waals surface area contributed by atoms with Gasteiger partial charge in [0.05, 0.1) is 17.9 Å². The topological polar surface area (TPSA) is 104 Å². The number of nitrogens with zero attached hydrogens (tertiary/aromatic N) is 1. The highest BCUT2D eigenvalue weighted by Crippen LogP contribution is 2.59. The SMILES string of the molecule is CS(=O)(=O)Nc1cc(C(=O)N2CCC3(CC2)CC3C(=O)O)ccc1F. The Hall–Kier alpha value is -2.16. The summed E-state index contributed by atoms with van der Waals surface area (Å²) < 4.78 is 38.3. The van der Waals surface area contributed by atoms with Crippen molar-refractivity contribution < 1.29 is 27.5 Å². The van der Waals surface area contributed by atoms with E-state index in [0.717, 1.165) is 12.3 Å². The van der Waals surface area contributed by atoms with E-state index in [0.29, 0.717) is 32.4 Å². The lowest BCUT2D eigenvalue weighted by Gasteiger charge is -2.32. The molecule has 1 heterocycles. The van der Waals surface area contributed by atoms with E-state index in [2.05, 4.69) is 4.72 Å². The van der Waals surface area contributed by atoms with Gasteiger partial charge in [0.2, 0.25) is 10.0 Å². The van der Waals surface area contributed by atoms with Crippen LogP contribution < -0.4 is 4.72 Å². The summed E-state index contributed by atoms with van der Waals surface area (Å²) in [6.07, 6.45) is 2.82. The third-order valence-electron chi connectivity index (χ3n) is 5.04. The predicted octanol–water partition coefficient (Wildman–Crippen LogP) is 1.52. The molecule has 7 nitrogen and oxygen atoms in total. The van der Waals surface area contributed by atoms with E-state index in [9.17, 15) is 22.4 Å². The van der Waals surface area contributed by atoms with Gasteiger partial charge in [-0.3, -0.25) is 14.3 Å². The van der Waals surface area contributed by atoms with Crippen molar-refractivity contribution in [2.75, 3.05) is 24.1 Å². The molecule has 0 bridgehead atoms. The molecule has 25 heavy (non-hydrogen) atoms. The van der Waals surface area contributed by atoms with Crippen LogP contribution in [0.2, 0.25) is 0 Å². The zero-order chi connectivity index (χ0) is 18.4. The molecule has 136 valence electrons. The van der Waals surface area contributed by atoms with Gasteiger partial charge < -0.3 is 10.0 Å². The van der Waals surface area contributed by atoms with Crippen molar-refractivity contribution in [3.05, 3.63) is 29.6 Å². The summed E-state index contributed by atoms with van der Waals surface area (Å²) in [5.41, 5.74) is -0.266. The first kappa shape index (κ1) is 17.7. The number of nitrogens with one attached hydrogen (secondary N) is 1. The highest BCUT2D eigenvalue weighted by molar-refractivity contribution is 7.92. The quantitative estimate of drug-likeness (QED) is 0.836. The number of hydrogen-bond acceptors (Lipinski definition) is 4. The van der Waals surface area contributed by atoms with Gasteiger partial charge >= 0.3 is 5.97 Å². The first-order chi connectivity index (χ1) is 11.6. The van der Waals surface area contributed by atoms with Crippen molar-refractivity contribution in [1.29, 1.82) is 0 Å². The zero-order valence-corrected chi connectivity index (χ0v) is 14.5. The normalized spacial score (nSPS) is 21.8. The Morgan fingerprint density at radius 3 is 2.48 bits per heavy atom. The molecule has 1 saturated heterocycles. The first-order valence-electron chi connectivity index (χ1n) is 7.91. The second-order valence-electron chi connectivity index (χ2n) is 6.82. The lowest BCUT2D eigenvalue weighted by atomic mass is 9.90. The number of carboxylic acids is 1. The van der Waals surface area contributed by atoms with Crippen LogP contribution in [0.15, 0.2) is 18.2 Å². The molecule has 1 unspecified atom stereocenters. The van der Waals surface area contributed by atoms with Crippen molar-refractivity contribution in [3.8, 4) is 0 Å². The molecular weight excluding hydrogens is 351 g/mol. The largest absolute Gasteiger partial charge is 0.481 e. The van der Waals surface area contributed by atoms with Gasteiger partial charge in [-0.1, -0.05) is 0 Å². The Kier molecular flexibility index (Phi) is 4.22. The monoisotopic (exact) mass is 370 g/mol. The molecule has 2 aliphatic rings. The van der Waals surface area contributed by atoms with Crippen LogP contribution in [-0.4, -0.2) is 49.6 Å². The number of carbonyl (C=O) groups excluding carboxylic acids is 1. The number of amides is 1. The molecule has 1 aliphatic carbocycles. The summed E-state index contributed by atoms with van der Waals surface area (Å²) in [6, 6.07) is 3.54. The molecular formula is C16H19FN2O5S. The fourth-order valence-corrected chi connectivity index (χ4v) is 4.08. The number of sulfonamides is 1. The van der Waals surface area contributed by atoms with Crippen LogP contribution in [-0.2, 0) is 14.8 Å². The number of rotatable bonds is 4. The predicted molar refractivity (Wildman–Crippen MR) is 88.2 cm³/mol. The van der Waals surface area contributed by atoms with E-state index in [1.54, 1.807) is 4.90 Å². The lowest BCUT2D eigenvalue weighted by molar-refractivity contribution is -0.139. The van der Waals surface area contributed by atoms with E-state index in [1.807, 2.05) is 0 Å². The van der Waals surface area contributed by atoms with Gasteiger partial charge in [0.25, 0.3) is 5.91 Å². The van der Waals surface area contributed by atoms with Crippen LogP contribution in [0.25, 0.3) is 0 Å². The summed E-state index contributed by atoms with van der Waals surface area (Å²) in [6.45, 7) is 0.879. The number of benzene rings is 1. The fourth-order valence-electron chi connectivity index (χ4n) is 3.52. The van der Waals surface area contributed by atoms with Gasteiger partial charge in [0.1, 0.15) is 5.82 Å². The van der Waals surface area contributed by atoms with Crippen molar-refractivity contribution in [2.24, 2.45) is 11.3 Å². The van der Waals surface area contributed by atoms with Crippen molar-refractivity contribution in [1.82, 2.24) is 4.90 Å². The number of hydrogen-bond donors (Lipinski definition) is 2. The molecule has 1 aromatic carbocycles. The van der Waals surface area contributed by atoms with Gasteiger partial charge in [-0.15, -0.1) is 0 Å². The summed E-state index contributed by atoms with van der Waals surface area (Å²) in [4.78, 5) is 25.3. The van der Waals surface area contributed by atoms with Gasteiger partial charge in [0.15, 0.2) is 0 Å².